The van der Waals surface area contributed by atoms with Crippen molar-refractivity contribution in [3.63, 3.8) is 0 Å². The molecule has 0 saturated carbocycles. The number of rotatable bonds is 3. The van der Waals surface area contributed by atoms with Crippen LogP contribution in [0.5, 0.6) is 0 Å². The zero-order valence-electron chi connectivity index (χ0n) is 7.32. The Bertz CT molecular complexity index is 113. The van der Waals surface area contributed by atoms with E-state index in [0.29, 0.717) is 0 Å². The van der Waals surface area contributed by atoms with Crippen LogP contribution < -0.4 is 5.32 Å². The molecule has 0 rings (SSSR count). The second-order valence-corrected chi connectivity index (χ2v) is 3.35. The molecule has 0 atom stereocenters. The van der Waals surface area contributed by atoms with E-state index in [1.807, 2.05) is 0 Å². The van der Waals surface area contributed by atoms with Crippen LogP contribution in [-0.2, 0) is 4.74 Å². The highest BCUT2D eigenvalue weighted by molar-refractivity contribution is 4.87. The minimum absolute atomic E-state index is 0.140. The predicted octanol–water partition coefficient (Wildman–Crippen LogP) is 1.53. The molecule has 0 amide bonds. The molecule has 0 aliphatic heterocycles. The average molecular weight is 143 g/mol. The molecular formula is C8H17NO. The van der Waals surface area contributed by atoms with E-state index in [1.54, 1.807) is 7.11 Å². The summed E-state index contributed by atoms with van der Waals surface area (Å²) in [5.74, 6) is 0.773. The zero-order chi connectivity index (χ0) is 8.20. The molecule has 0 aliphatic carbocycles. The molecule has 60 valence electrons. The maximum absolute atomic E-state index is 4.89. The molecule has 0 unspecified atom stereocenters. The Labute approximate surface area is 63.3 Å². The van der Waals surface area contributed by atoms with Gasteiger partial charge in [-0.2, -0.15) is 0 Å². The number of hydrogen-bond acceptors (Lipinski definition) is 2. The van der Waals surface area contributed by atoms with Crippen molar-refractivity contribution in [3.05, 3.63) is 12.3 Å². The van der Waals surface area contributed by atoms with E-state index in [2.05, 4.69) is 32.7 Å². The molecule has 0 aromatic heterocycles. The third-order valence-electron chi connectivity index (χ3n) is 1.10. The van der Waals surface area contributed by atoms with Crippen molar-refractivity contribution in [2.75, 3.05) is 13.7 Å². The highest BCUT2D eigenvalue weighted by Crippen LogP contribution is 1.99. The lowest BCUT2D eigenvalue weighted by Crippen LogP contribution is -2.37. The van der Waals surface area contributed by atoms with Crippen molar-refractivity contribution in [1.29, 1.82) is 0 Å². The first-order valence-corrected chi connectivity index (χ1v) is 3.42. The molecule has 0 saturated heterocycles. The van der Waals surface area contributed by atoms with Crippen LogP contribution >= 0.6 is 0 Å². The summed E-state index contributed by atoms with van der Waals surface area (Å²) in [4.78, 5) is 0. The van der Waals surface area contributed by atoms with Gasteiger partial charge in [-0.05, 0) is 20.8 Å². The molecule has 0 heterocycles. The summed E-state index contributed by atoms with van der Waals surface area (Å²) in [7, 11) is 1.63. The highest BCUT2D eigenvalue weighted by atomic mass is 16.5. The van der Waals surface area contributed by atoms with E-state index >= 15 is 0 Å². The second kappa shape index (κ2) is 3.62. The van der Waals surface area contributed by atoms with Gasteiger partial charge >= 0.3 is 0 Å². The van der Waals surface area contributed by atoms with Crippen LogP contribution in [0.1, 0.15) is 20.8 Å². The topological polar surface area (TPSA) is 21.3 Å². The van der Waals surface area contributed by atoms with Crippen molar-refractivity contribution < 1.29 is 4.74 Å². The van der Waals surface area contributed by atoms with Gasteiger partial charge in [0.15, 0.2) is 0 Å². The Morgan fingerprint density at radius 2 is 2.00 bits per heavy atom. The maximum Gasteiger partial charge on any atom is 0.102 e. The van der Waals surface area contributed by atoms with Gasteiger partial charge in [0, 0.05) is 5.54 Å². The molecule has 0 aromatic rings. The van der Waals surface area contributed by atoms with Gasteiger partial charge in [0.1, 0.15) is 5.76 Å². The normalized spacial score (nSPS) is 11.2. The highest BCUT2D eigenvalue weighted by Gasteiger charge is 2.07. The number of methoxy groups -OCH3 is 1. The number of hydrogen-bond donors (Lipinski definition) is 1. The third kappa shape index (κ3) is 5.63. The van der Waals surface area contributed by atoms with E-state index in [4.69, 9.17) is 4.74 Å². The van der Waals surface area contributed by atoms with E-state index in [-0.39, 0.29) is 5.54 Å². The van der Waals surface area contributed by atoms with E-state index in [9.17, 15) is 0 Å². The van der Waals surface area contributed by atoms with Crippen LogP contribution in [0.4, 0.5) is 0 Å². The van der Waals surface area contributed by atoms with Crippen LogP contribution in [0.3, 0.4) is 0 Å². The van der Waals surface area contributed by atoms with Crippen LogP contribution in [-0.4, -0.2) is 19.2 Å². The Morgan fingerprint density at radius 3 is 2.30 bits per heavy atom. The van der Waals surface area contributed by atoms with Gasteiger partial charge in [-0.25, -0.2) is 0 Å². The lowest BCUT2D eigenvalue weighted by molar-refractivity contribution is 0.270. The van der Waals surface area contributed by atoms with E-state index in [1.165, 1.54) is 0 Å². The summed E-state index contributed by atoms with van der Waals surface area (Å²) in [6, 6.07) is 0. The lowest BCUT2D eigenvalue weighted by atomic mass is 10.1. The van der Waals surface area contributed by atoms with E-state index in [0.717, 1.165) is 12.3 Å². The molecule has 0 aliphatic rings. The van der Waals surface area contributed by atoms with Crippen LogP contribution in [0.2, 0.25) is 0 Å². The average Bonchev–Trinajstić information content (AvgIpc) is 1.81. The molecule has 0 bridgehead atoms. The molecule has 0 fully saturated rings. The first-order valence-electron chi connectivity index (χ1n) is 3.42. The molecule has 1 N–H and O–H groups in total. The van der Waals surface area contributed by atoms with Crippen molar-refractivity contribution in [2.24, 2.45) is 0 Å². The first kappa shape index (κ1) is 9.50. The summed E-state index contributed by atoms with van der Waals surface area (Å²) < 4.78 is 4.89. The second-order valence-electron chi connectivity index (χ2n) is 3.35. The summed E-state index contributed by atoms with van der Waals surface area (Å²) in [6.07, 6.45) is 0. The van der Waals surface area contributed by atoms with Crippen molar-refractivity contribution >= 4 is 0 Å². The van der Waals surface area contributed by atoms with Gasteiger partial charge in [-0.3, -0.25) is 0 Å². The minimum atomic E-state index is 0.140. The fourth-order valence-corrected chi connectivity index (χ4v) is 0.436. The lowest BCUT2D eigenvalue weighted by Gasteiger charge is -2.20. The Hall–Kier alpha value is -0.500. The summed E-state index contributed by atoms with van der Waals surface area (Å²) in [6.45, 7) is 10.7. The largest absolute Gasteiger partial charge is 0.500 e. The predicted molar refractivity (Wildman–Crippen MR) is 43.9 cm³/mol. The van der Waals surface area contributed by atoms with Gasteiger partial charge in [0.2, 0.25) is 0 Å². The molecule has 2 nitrogen and oxygen atoms in total. The monoisotopic (exact) mass is 143 g/mol. The summed E-state index contributed by atoms with van der Waals surface area (Å²) >= 11 is 0. The molecule has 0 spiro atoms. The zero-order valence-corrected chi connectivity index (χ0v) is 7.32. The van der Waals surface area contributed by atoms with Crippen molar-refractivity contribution in [1.82, 2.24) is 5.32 Å². The van der Waals surface area contributed by atoms with Gasteiger partial charge in [-0.15, -0.1) is 0 Å². The quantitative estimate of drug-likeness (QED) is 0.605. The first-order chi connectivity index (χ1) is 4.45. The van der Waals surface area contributed by atoms with Gasteiger partial charge < -0.3 is 10.1 Å². The van der Waals surface area contributed by atoms with Gasteiger partial charge in [0.25, 0.3) is 0 Å². The number of nitrogens with one attached hydrogen (secondary N) is 1. The maximum atomic E-state index is 4.89. The smallest absolute Gasteiger partial charge is 0.102 e. The summed E-state index contributed by atoms with van der Waals surface area (Å²) in [5.41, 5.74) is 0.140. The fraction of sp³-hybridized carbons (Fsp3) is 0.750. The molecule has 10 heavy (non-hydrogen) atoms. The van der Waals surface area contributed by atoms with Gasteiger partial charge in [-0.1, -0.05) is 6.58 Å². The van der Waals surface area contributed by atoms with Crippen LogP contribution in [0.15, 0.2) is 12.3 Å². The molecular weight excluding hydrogens is 126 g/mol. The number of ether oxygens (including phenoxy) is 1. The van der Waals surface area contributed by atoms with Crippen LogP contribution in [0.25, 0.3) is 0 Å². The van der Waals surface area contributed by atoms with Crippen molar-refractivity contribution in [2.45, 2.75) is 26.3 Å². The Kier molecular flexibility index (Phi) is 3.43. The summed E-state index contributed by atoms with van der Waals surface area (Å²) in [5, 5.41) is 3.25. The molecule has 0 radical (unpaired) electrons. The molecule has 2 heteroatoms. The third-order valence-corrected chi connectivity index (χ3v) is 1.10. The SMILES string of the molecule is C=C(CNC(C)(C)C)OC. The van der Waals surface area contributed by atoms with E-state index < -0.39 is 0 Å². The standard InChI is InChI=1S/C8H17NO/c1-7(10-5)6-9-8(2,3)4/h9H,1,6H2,2-5H3. The minimum Gasteiger partial charge on any atom is -0.500 e. The Morgan fingerprint density at radius 1 is 1.50 bits per heavy atom. The van der Waals surface area contributed by atoms with Crippen molar-refractivity contribution in [3.8, 4) is 0 Å². The molecule has 0 aromatic carbocycles. The van der Waals surface area contributed by atoms with Crippen LogP contribution in [0, 0.1) is 0 Å². The van der Waals surface area contributed by atoms with Gasteiger partial charge in [0.05, 0.1) is 13.7 Å². The fourth-order valence-electron chi connectivity index (χ4n) is 0.436. The Balaban J connectivity index is 3.46.